The van der Waals surface area contributed by atoms with Crippen LogP contribution in [0.2, 0.25) is 0 Å². The van der Waals surface area contributed by atoms with Gasteiger partial charge in [0.05, 0.1) is 12.0 Å². The van der Waals surface area contributed by atoms with Crippen LogP contribution in [0.15, 0.2) is 12.2 Å². The van der Waals surface area contributed by atoms with Gasteiger partial charge in [0.1, 0.15) is 23.7 Å². The molecule has 0 aromatic heterocycles. The minimum Gasteiger partial charge on any atom is -0.465 e. The summed E-state index contributed by atoms with van der Waals surface area (Å²) in [6.07, 6.45) is -0.369. The van der Waals surface area contributed by atoms with Gasteiger partial charge in [-0.1, -0.05) is 19.9 Å². The molecule has 1 spiro atoms. The van der Waals surface area contributed by atoms with E-state index in [4.69, 9.17) is 18.9 Å². The van der Waals surface area contributed by atoms with E-state index in [-0.39, 0.29) is 36.4 Å². The van der Waals surface area contributed by atoms with Gasteiger partial charge in [0, 0.05) is 38.0 Å². The summed E-state index contributed by atoms with van der Waals surface area (Å²) in [4.78, 5) is 64.9. The monoisotopic (exact) mass is 488 g/mol. The zero-order valence-electron chi connectivity index (χ0n) is 20.6. The second-order valence-electron chi connectivity index (χ2n) is 11.3. The van der Waals surface area contributed by atoms with Gasteiger partial charge in [-0.25, -0.2) is 0 Å². The number of hydrogen-bond acceptors (Lipinski definition) is 9. The molecule has 1 heterocycles. The summed E-state index contributed by atoms with van der Waals surface area (Å²) in [5.41, 5.74) is -2.89. The maximum Gasteiger partial charge on any atom is 0.312 e. The highest BCUT2D eigenvalue weighted by atomic mass is 16.6. The molecule has 4 bridgehead atoms. The lowest BCUT2D eigenvalue weighted by Gasteiger charge is -2.67. The van der Waals surface area contributed by atoms with E-state index in [1.165, 1.54) is 20.8 Å². The quantitative estimate of drug-likeness (QED) is 0.334. The number of hydrogen-bond donors (Lipinski definition) is 0. The molecular weight excluding hydrogens is 456 g/mol. The molecule has 0 N–H and O–H groups in total. The fraction of sp³-hybridized carbons (Fsp3) is 0.731. The van der Waals surface area contributed by atoms with Gasteiger partial charge in [-0.2, -0.15) is 0 Å². The van der Waals surface area contributed by atoms with E-state index in [9.17, 15) is 24.0 Å². The van der Waals surface area contributed by atoms with E-state index in [1.54, 1.807) is 0 Å². The van der Waals surface area contributed by atoms with Crippen molar-refractivity contribution in [2.45, 2.75) is 78.1 Å². The molecule has 4 aliphatic carbocycles. The van der Waals surface area contributed by atoms with Gasteiger partial charge in [0.15, 0.2) is 5.78 Å². The Morgan fingerprint density at radius 2 is 1.63 bits per heavy atom. The fourth-order valence-electron chi connectivity index (χ4n) is 8.63. The first-order valence-corrected chi connectivity index (χ1v) is 12.3. The van der Waals surface area contributed by atoms with Crippen LogP contribution in [0.25, 0.3) is 0 Å². The lowest BCUT2D eigenvalue weighted by atomic mass is 9.38. The molecule has 1 saturated heterocycles. The lowest BCUT2D eigenvalue weighted by molar-refractivity contribution is -0.283. The number of carbonyl (C=O) groups is 5. The van der Waals surface area contributed by atoms with Gasteiger partial charge in [-0.15, -0.1) is 0 Å². The highest BCUT2D eigenvalue weighted by Crippen LogP contribution is 2.73. The smallest absolute Gasteiger partial charge is 0.312 e. The van der Waals surface area contributed by atoms with E-state index in [0.29, 0.717) is 6.42 Å². The number of carbonyl (C=O) groups excluding carboxylic acids is 5. The topological polar surface area (TPSA) is 122 Å². The average molecular weight is 489 g/mol. The van der Waals surface area contributed by atoms with Crippen LogP contribution in [0.1, 0.15) is 59.8 Å². The highest BCUT2D eigenvalue weighted by molar-refractivity contribution is 6.06. The molecule has 5 aliphatic rings. The maximum absolute atomic E-state index is 14.2. The molecule has 0 aromatic rings. The first-order valence-electron chi connectivity index (χ1n) is 12.3. The third-order valence-corrected chi connectivity index (χ3v) is 9.51. The summed E-state index contributed by atoms with van der Waals surface area (Å²) in [5, 5.41) is 0. The molecule has 190 valence electrons. The van der Waals surface area contributed by atoms with Crippen molar-refractivity contribution in [2.24, 2.45) is 34.0 Å². The van der Waals surface area contributed by atoms with Crippen LogP contribution >= 0.6 is 0 Å². The molecule has 4 saturated carbocycles. The van der Waals surface area contributed by atoms with E-state index >= 15 is 0 Å². The van der Waals surface area contributed by atoms with E-state index in [0.717, 1.165) is 12.8 Å². The van der Waals surface area contributed by atoms with Crippen molar-refractivity contribution in [2.75, 3.05) is 6.61 Å². The van der Waals surface area contributed by atoms with Crippen LogP contribution in [0.3, 0.4) is 0 Å². The number of Topliss-reactive ketones (excluding diaryl/α,β-unsaturated/α-hetero) is 1. The number of fused-ring (bicyclic) bond motifs is 1. The Bertz CT molecular complexity index is 1050. The molecule has 0 aromatic carbocycles. The number of esters is 4. The largest absolute Gasteiger partial charge is 0.465 e. The molecule has 1 aliphatic heterocycles. The zero-order valence-corrected chi connectivity index (χ0v) is 20.6. The Hall–Kier alpha value is -2.71. The summed E-state index contributed by atoms with van der Waals surface area (Å²) in [7, 11) is 0. The second-order valence-corrected chi connectivity index (χ2v) is 11.3. The van der Waals surface area contributed by atoms with Gasteiger partial charge in [0.25, 0.3) is 0 Å². The number of ketones is 1. The normalized spacial score (nSPS) is 45.5. The predicted molar refractivity (Wildman–Crippen MR) is 118 cm³/mol. The minimum atomic E-state index is -1.59. The summed E-state index contributed by atoms with van der Waals surface area (Å²) in [6, 6.07) is 0. The average Bonchev–Trinajstić information content (AvgIpc) is 2.87. The molecule has 9 heteroatoms. The molecule has 9 nitrogen and oxygen atoms in total. The third kappa shape index (κ3) is 2.96. The van der Waals surface area contributed by atoms with Crippen LogP contribution in [0.4, 0.5) is 0 Å². The van der Waals surface area contributed by atoms with Crippen molar-refractivity contribution in [3.8, 4) is 0 Å². The van der Waals surface area contributed by atoms with Gasteiger partial charge in [0.2, 0.25) is 0 Å². The lowest BCUT2D eigenvalue weighted by Crippen LogP contribution is -2.75. The van der Waals surface area contributed by atoms with E-state index < -0.39 is 70.6 Å². The van der Waals surface area contributed by atoms with Crippen molar-refractivity contribution >= 4 is 29.7 Å². The summed E-state index contributed by atoms with van der Waals surface area (Å²) >= 11 is 0. The molecule has 0 unspecified atom stereocenters. The van der Waals surface area contributed by atoms with Crippen molar-refractivity contribution in [1.29, 1.82) is 0 Å². The molecular formula is C26H32O9. The molecule has 0 amide bonds. The maximum atomic E-state index is 14.2. The predicted octanol–water partition coefficient (Wildman–Crippen LogP) is 2.30. The summed E-state index contributed by atoms with van der Waals surface area (Å²) in [5.74, 6) is -4.29. The van der Waals surface area contributed by atoms with Crippen LogP contribution in [0, 0.1) is 34.0 Å². The van der Waals surface area contributed by atoms with Crippen molar-refractivity contribution < 1.29 is 42.9 Å². The molecule has 5 fully saturated rings. The van der Waals surface area contributed by atoms with Crippen molar-refractivity contribution in [3.05, 3.63) is 12.2 Å². The van der Waals surface area contributed by atoms with Crippen molar-refractivity contribution in [3.63, 3.8) is 0 Å². The fourth-order valence-corrected chi connectivity index (χ4v) is 8.63. The minimum absolute atomic E-state index is 0.180. The molecule has 0 radical (unpaired) electrons. The van der Waals surface area contributed by atoms with Crippen LogP contribution in [-0.4, -0.2) is 54.6 Å². The Kier molecular flexibility index (Phi) is 5.24. The van der Waals surface area contributed by atoms with Gasteiger partial charge in [-0.05, 0) is 37.2 Å². The van der Waals surface area contributed by atoms with Crippen molar-refractivity contribution in [1.82, 2.24) is 0 Å². The zero-order chi connectivity index (χ0) is 25.5. The van der Waals surface area contributed by atoms with Gasteiger partial charge in [-0.3, -0.25) is 24.0 Å². The first-order chi connectivity index (χ1) is 16.4. The Morgan fingerprint density at radius 1 is 0.971 bits per heavy atom. The van der Waals surface area contributed by atoms with E-state index in [2.05, 4.69) is 13.5 Å². The van der Waals surface area contributed by atoms with Crippen LogP contribution in [0.5, 0.6) is 0 Å². The number of cyclic esters (lactones) is 1. The number of ether oxygens (including phenoxy) is 4. The van der Waals surface area contributed by atoms with Gasteiger partial charge < -0.3 is 18.9 Å². The SMILES string of the molecule is C=C1C(=O)[C@]23[C@H](OC(C)=O)[C@H]1C[C@H](OC(C)=O)[C@H]2[C@@]12CCC[C@@](C)(COC1=O)[C@H]2C[C@H]3OC(C)=O. The van der Waals surface area contributed by atoms with Crippen LogP contribution < -0.4 is 0 Å². The number of rotatable bonds is 3. The molecule has 35 heavy (non-hydrogen) atoms. The second kappa shape index (κ2) is 7.64. The van der Waals surface area contributed by atoms with Crippen LogP contribution in [-0.2, 0) is 42.9 Å². The summed E-state index contributed by atoms with van der Waals surface area (Å²) in [6.45, 7) is 10.1. The first kappa shape index (κ1) is 24.0. The van der Waals surface area contributed by atoms with Gasteiger partial charge >= 0.3 is 23.9 Å². The Morgan fingerprint density at radius 3 is 2.26 bits per heavy atom. The van der Waals surface area contributed by atoms with E-state index in [1.807, 2.05) is 0 Å². The Balaban J connectivity index is 1.81. The highest BCUT2D eigenvalue weighted by Gasteiger charge is 2.82. The Labute approximate surface area is 203 Å². The third-order valence-electron chi connectivity index (χ3n) is 9.51. The standard InChI is InChI=1S/C26H32O9/c1-12-16-9-17(33-13(2)27)20-25-8-6-7-24(5,11-32-23(25)31)18(25)10-19(34-14(3)28)26(20,21(12)30)22(16)35-15(4)29/h16-20,22H,1,6-11H2,2-5H3/t16-,17-,18+,19+,20-,22+,24-,25-,26+/m0/s1. The summed E-state index contributed by atoms with van der Waals surface area (Å²) < 4.78 is 23.3. The molecule has 9 atom stereocenters. The molecule has 5 rings (SSSR count).